The number of anilines is 1. The number of ether oxygens (including phenoxy) is 1. The Morgan fingerprint density at radius 2 is 1.70 bits per heavy atom. The van der Waals surface area contributed by atoms with Gasteiger partial charge in [-0.25, -0.2) is 9.97 Å². The van der Waals surface area contributed by atoms with Gasteiger partial charge in [-0.1, -0.05) is 20.8 Å². The Morgan fingerprint density at radius 3 is 2.15 bits per heavy atom. The first-order chi connectivity index (χ1) is 9.58. The van der Waals surface area contributed by atoms with E-state index in [1.807, 2.05) is 6.92 Å². The summed E-state index contributed by atoms with van der Waals surface area (Å²) in [6.45, 7) is 14.1. The van der Waals surface area contributed by atoms with Crippen LogP contribution in [0.15, 0.2) is 0 Å². The highest BCUT2D eigenvalue weighted by molar-refractivity contribution is 5.47. The molecule has 1 aromatic rings. The summed E-state index contributed by atoms with van der Waals surface area (Å²) in [4.78, 5) is 9.52. The second-order valence-corrected chi connectivity index (χ2v) is 4.98. The summed E-state index contributed by atoms with van der Waals surface area (Å²) in [5, 5.41) is 3.36. The third kappa shape index (κ3) is 3.29. The van der Waals surface area contributed by atoms with Gasteiger partial charge in [0.25, 0.3) is 0 Å². The van der Waals surface area contributed by atoms with Gasteiger partial charge in [0, 0.05) is 24.4 Å². The average molecular weight is 279 g/mol. The predicted molar refractivity (Wildman–Crippen MR) is 84.2 cm³/mol. The Bertz CT molecular complexity index is 428. The van der Waals surface area contributed by atoms with E-state index in [0.29, 0.717) is 6.61 Å². The highest BCUT2D eigenvalue weighted by atomic mass is 16.5. The highest BCUT2D eigenvalue weighted by Crippen LogP contribution is 2.32. The standard InChI is InChI=1S/C16H29N3O/c1-7-13-12(6)18-15(19-14(13)17-10-4)16(8-2,9-3)20-11-5/h7-11H2,1-6H3,(H,17,18,19). The molecule has 1 rings (SSSR count). The van der Waals surface area contributed by atoms with Crippen molar-refractivity contribution < 1.29 is 4.74 Å². The summed E-state index contributed by atoms with van der Waals surface area (Å²) >= 11 is 0. The summed E-state index contributed by atoms with van der Waals surface area (Å²) in [5.41, 5.74) is 1.89. The molecule has 0 atom stereocenters. The van der Waals surface area contributed by atoms with Gasteiger partial charge >= 0.3 is 0 Å². The van der Waals surface area contributed by atoms with Crippen molar-refractivity contribution in [1.29, 1.82) is 0 Å². The topological polar surface area (TPSA) is 47.0 Å². The van der Waals surface area contributed by atoms with E-state index < -0.39 is 0 Å². The Kier molecular flexibility index (Phi) is 6.40. The van der Waals surface area contributed by atoms with Crippen molar-refractivity contribution in [2.24, 2.45) is 0 Å². The lowest BCUT2D eigenvalue weighted by molar-refractivity contribution is -0.0571. The molecule has 0 radical (unpaired) electrons. The van der Waals surface area contributed by atoms with Crippen LogP contribution >= 0.6 is 0 Å². The molecule has 0 aliphatic rings. The lowest BCUT2D eigenvalue weighted by atomic mass is 9.95. The first-order valence-corrected chi connectivity index (χ1v) is 7.84. The second-order valence-electron chi connectivity index (χ2n) is 4.98. The molecule has 4 heteroatoms. The SMILES string of the molecule is CCNc1nc(C(CC)(CC)OCC)nc(C)c1CC. The molecule has 0 saturated heterocycles. The fourth-order valence-electron chi connectivity index (χ4n) is 2.65. The minimum atomic E-state index is -0.365. The molecule has 0 saturated carbocycles. The smallest absolute Gasteiger partial charge is 0.162 e. The fourth-order valence-corrected chi connectivity index (χ4v) is 2.65. The van der Waals surface area contributed by atoms with Crippen LogP contribution in [0.1, 0.15) is 64.5 Å². The number of hydrogen-bond acceptors (Lipinski definition) is 4. The number of aromatic nitrogens is 2. The zero-order valence-corrected chi connectivity index (χ0v) is 13.8. The molecule has 114 valence electrons. The van der Waals surface area contributed by atoms with Crippen molar-refractivity contribution >= 4 is 5.82 Å². The van der Waals surface area contributed by atoms with E-state index >= 15 is 0 Å². The fraction of sp³-hybridized carbons (Fsp3) is 0.750. The van der Waals surface area contributed by atoms with Crippen molar-refractivity contribution in [2.45, 2.75) is 66.4 Å². The van der Waals surface area contributed by atoms with Crippen LogP contribution in [0, 0.1) is 6.92 Å². The Morgan fingerprint density at radius 1 is 1.05 bits per heavy atom. The largest absolute Gasteiger partial charge is 0.370 e. The molecule has 0 aromatic carbocycles. The van der Waals surface area contributed by atoms with Crippen molar-refractivity contribution in [2.75, 3.05) is 18.5 Å². The van der Waals surface area contributed by atoms with E-state index in [0.717, 1.165) is 43.1 Å². The summed E-state index contributed by atoms with van der Waals surface area (Å²) < 4.78 is 6.02. The van der Waals surface area contributed by atoms with Crippen LogP contribution in [0.3, 0.4) is 0 Å². The van der Waals surface area contributed by atoms with Crippen LogP contribution < -0.4 is 5.32 Å². The predicted octanol–water partition coefficient (Wildman–Crippen LogP) is 3.83. The molecular weight excluding hydrogens is 250 g/mol. The zero-order valence-electron chi connectivity index (χ0n) is 13.8. The lowest BCUT2D eigenvalue weighted by Gasteiger charge is -2.31. The van der Waals surface area contributed by atoms with Crippen LogP contribution in [0.4, 0.5) is 5.82 Å². The van der Waals surface area contributed by atoms with Gasteiger partial charge in [0.1, 0.15) is 11.4 Å². The van der Waals surface area contributed by atoms with E-state index in [9.17, 15) is 0 Å². The van der Waals surface area contributed by atoms with Gasteiger partial charge < -0.3 is 10.1 Å². The van der Waals surface area contributed by atoms with Gasteiger partial charge in [0.05, 0.1) is 0 Å². The van der Waals surface area contributed by atoms with Crippen molar-refractivity contribution in [1.82, 2.24) is 9.97 Å². The number of aryl methyl sites for hydroxylation is 1. The van der Waals surface area contributed by atoms with E-state index in [1.165, 1.54) is 5.56 Å². The molecule has 4 nitrogen and oxygen atoms in total. The number of hydrogen-bond donors (Lipinski definition) is 1. The van der Waals surface area contributed by atoms with Crippen LogP contribution in [-0.2, 0) is 16.8 Å². The van der Waals surface area contributed by atoms with E-state index in [1.54, 1.807) is 0 Å². The summed E-state index contributed by atoms with van der Waals surface area (Å²) in [5.74, 6) is 1.78. The van der Waals surface area contributed by atoms with Gasteiger partial charge in [-0.15, -0.1) is 0 Å². The first kappa shape index (κ1) is 16.9. The third-order valence-corrected chi connectivity index (χ3v) is 3.88. The molecule has 0 bridgehead atoms. The second kappa shape index (κ2) is 7.58. The van der Waals surface area contributed by atoms with Gasteiger partial charge in [-0.3, -0.25) is 0 Å². The molecule has 1 heterocycles. The first-order valence-electron chi connectivity index (χ1n) is 7.84. The molecule has 1 aromatic heterocycles. The number of rotatable bonds is 8. The van der Waals surface area contributed by atoms with Crippen LogP contribution in [0.2, 0.25) is 0 Å². The van der Waals surface area contributed by atoms with Gasteiger partial charge in [-0.05, 0) is 40.0 Å². The van der Waals surface area contributed by atoms with Crippen molar-refractivity contribution in [3.8, 4) is 0 Å². The molecule has 0 spiro atoms. The Balaban J connectivity index is 3.36. The normalized spacial score (nSPS) is 11.7. The van der Waals surface area contributed by atoms with Crippen LogP contribution in [0.25, 0.3) is 0 Å². The maximum Gasteiger partial charge on any atom is 0.162 e. The number of nitrogens with zero attached hydrogens (tertiary/aromatic N) is 2. The average Bonchev–Trinajstić information content (AvgIpc) is 2.45. The van der Waals surface area contributed by atoms with Gasteiger partial charge in [0.15, 0.2) is 5.82 Å². The monoisotopic (exact) mass is 279 g/mol. The molecule has 1 N–H and O–H groups in total. The van der Waals surface area contributed by atoms with E-state index in [2.05, 4.69) is 39.9 Å². The maximum atomic E-state index is 6.02. The van der Waals surface area contributed by atoms with Gasteiger partial charge in [0.2, 0.25) is 0 Å². The van der Waals surface area contributed by atoms with E-state index in [-0.39, 0.29) is 5.60 Å². The minimum absolute atomic E-state index is 0.365. The van der Waals surface area contributed by atoms with Crippen molar-refractivity contribution in [3.63, 3.8) is 0 Å². The third-order valence-electron chi connectivity index (χ3n) is 3.88. The molecule has 0 fully saturated rings. The minimum Gasteiger partial charge on any atom is -0.370 e. The Labute approximate surface area is 123 Å². The van der Waals surface area contributed by atoms with Crippen LogP contribution in [-0.4, -0.2) is 23.1 Å². The molecule has 0 aliphatic carbocycles. The number of nitrogens with one attached hydrogen (secondary N) is 1. The quantitative estimate of drug-likeness (QED) is 0.785. The Hall–Kier alpha value is -1.16. The van der Waals surface area contributed by atoms with Crippen molar-refractivity contribution in [3.05, 3.63) is 17.1 Å². The molecular formula is C16H29N3O. The van der Waals surface area contributed by atoms with Gasteiger partial charge in [-0.2, -0.15) is 0 Å². The molecule has 0 amide bonds. The zero-order chi connectivity index (χ0) is 15.2. The summed E-state index contributed by atoms with van der Waals surface area (Å²) in [6.07, 6.45) is 2.70. The summed E-state index contributed by atoms with van der Waals surface area (Å²) in [6, 6.07) is 0. The van der Waals surface area contributed by atoms with Crippen LogP contribution in [0.5, 0.6) is 0 Å². The summed E-state index contributed by atoms with van der Waals surface area (Å²) in [7, 11) is 0. The molecule has 0 unspecified atom stereocenters. The van der Waals surface area contributed by atoms with E-state index in [4.69, 9.17) is 14.7 Å². The molecule has 0 aliphatic heterocycles. The molecule has 20 heavy (non-hydrogen) atoms. The maximum absolute atomic E-state index is 6.02. The lowest BCUT2D eigenvalue weighted by Crippen LogP contribution is -2.32. The highest BCUT2D eigenvalue weighted by Gasteiger charge is 2.33.